The number of fused-ring (bicyclic) bond motifs is 2. The van der Waals surface area contributed by atoms with Crippen molar-refractivity contribution in [3.05, 3.63) is 35.9 Å². The van der Waals surface area contributed by atoms with Crippen molar-refractivity contribution in [1.82, 2.24) is 0 Å². The molecule has 0 saturated heterocycles. The molecule has 0 aliphatic heterocycles. The maximum atomic E-state index is 2.36. The summed E-state index contributed by atoms with van der Waals surface area (Å²) in [4.78, 5) is 0. The average Bonchev–Trinajstić information content (AvgIpc) is 2.91. The third kappa shape index (κ3) is 1.59. The van der Waals surface area contributed by atoms with E-state index in [1.54, 1.807) is 5.56 Å². The third-order valence-electron chi connectivity index (χ3n) is 4.89. The summed E-state index contributed by atoms with van der Waals surface area (Å²) >= 11 is 0. The van der Waals surface area contributed by atoms with Crippen LogP contribution in [-0.2, 0) is 0 Å². The zero-order chi connectivity index (χ0) is 11.0. The highest BCUT2D eigenvalue weighted by Crippen LogP contribution is 2.57. The molecular weight excluding hydrogens is 192 g/mol. The van der Waals surface area contributed by atoms with Crippen LogP contribution in [0.15, 0.2) is 30.3 Å². The largest absolute Gasteiger partial charge is 0.0654 e. The molecule has 1 aromatic carbocycles. The first-order chi connectivity index (χ1) is 7.90. The lowest BCUT2D eigenvalue weighted by molar-refractivity contribution is 0.270. The van der Waals surface area contributed by atoms with Crippen molar-refractivity contribution >= 4 is 0 Å². The van der Waals surface area contributed by atoms with E-state index in [1.807, 2.05) is 0 Å². The van der Waals surface area contributed by atoms with Crippen molar-refractivity contribution in [2.45, 2.75) is 44.9 Å². The zero-order valence-electron chi connectivity index (χ0n) is 10.2. The molecule has 0 heteroatoms. The number of hydrogen-bond acceptors (Lipinski definition) is 0. The van der Waals surface area contributed by atoms with E-state index in [0.717, 1.165) is 23.7 Å². The lowest BCUT2D eigenvalue weighted by atomic mass is 9.74. The number of rotatable bonds is 3. The molecular formula is C16H22. The molecule has 2 aliphatic rings. The van der Waals surface area contributed by atoms with Gasteiger partial charge in [-0.3, -0.25) is 0 Å². The molecule has 0 radical (unpaired) electrons. The van der Waals surface area contributed by atoms with E-state index in [1.165, 1.54) is 32.1 Å². The van der Waals surface area contributed by atoms with Gasteiger partial charge in [-0.15, -0.1) is 0 Å². The first kappa shape index (κ1) is 10.4. The molecule has 0 heterocycles. The summed E-state index contributed by atoms with van der Waals surface area (Å²) in [6, 6.07) is 11.3. The smallest absolute Gasteiger partial charge is 0.0103 e. The number of hydrogen-bond donors (Lipinski definition) is 0. The van der Waals surface area contributed by atoms with Crippen LogP contribution in [-0.4, -0.2) is 0 Å². The van der Waals surface area contributed by atoms with Gasteiger partial charge in [0.2, 0.25) is 0 Å². The van der Waals surface area contributed by atoms with E-state index in [-0.39, 0.29) is 0 Å². The van der Waals surface area contributed by atoms with Gasteiger partial charge in [0.1, 0.15) is 0 Å². The second-order valence-corrected chi connectivity index (χ2v) is 5.72. The van der Waals surface area contributed by atoms with Gasteiger partial charge in [-0.1, -0.05) is 43.7 Å². The predicted molar refractivity (Wildman–Crippen MR) is 68.4 cm³/mol. The van der Waals surface area contributed by atoms with Crippen LogP contribution in [0.5, 0.6) is 0 Å². The molecule has 0 nitrogen and oxygen atoms in total. The van der Waals surface area contributed by atoms with Gasteiger partial charge in [-0.25, -0.2) is 0 Å². The Balaban J connectivity index is 1.88. The van der Waals surface area contributed by atoms with Gasteiger partial charge in [0.05, 0.1) is 0 Å². The first-order valence-corrected chi connectivity index (χ1v) is 6.95. The Bertz CT molecular complexity index is 340. The van der Waals surface area contributed by atoms with E-state index in [0.29, 0.717) is 0 Å². The SMILES string of the molecule is CCCC1C2CCC(C2)C1c1ccccc1. The van der Waals surface area contributed by atoms with Gasteiger partial charge in [0.15, 0.2) is 0 Å². The van der Waals surface area contributed by atoms with Gasteiger partial charge >= 0.3 is 0 Å². The molecule has 1 aromatic rings. The highest BCUT2D eigenvalue weighted by Gasteiger charge is 2.47. The maximum absolute atomic E-state index is 2.36. The Labute approximate surface area is 99.1 Å². The van der Waals surface area contributed by atoms with Crippen molar-refractivity contribution < 1.29 is 0 Å². The standard InChI is InChI=1S/C16H22/c1-2-6-15-13-9-10-14(11-13)16(15)12-7-4-3-5-8-12/h3-5,7-8,13-16H,2,6,9-11H2,1H3. The zero-order valence-corrected chi connectivity index (χ0v) is 10.2. The van der Waals surface area contributed by atoms with Crippen LogP contribution < -0.4 is 0 Å². The lowest BCUT2D eigenvalue weighted by Gasteiger charge is -2.31. The van der Waals surface area contributed by atoms with Crippen LogP contribution in [0.2, 0.25) is 0 Å². The van der Waals surface area contributed by atoms with Gasteiger partial charge in [-0.05, 0) is 54.9 Å². The monoisotopic (exact) mass is 214 g/mol. The molecule has 0 spiro atoms. The Kier molecular flexibility index (Phi) is 2.75. The fourth-order valence-corrected chi connectivity index (χ4v) is 4.35. The Morgan fingerprint density at radius 3 is 2.56 bits per heavy atom. The van der Waals surface area contributed by atoms with Gasteiger partial charge in [0.25, 0.3) is 0 Å². The molecule has 2 fully saturated rings. The van der Waals surface area contributed by atoms with Crippen LogP contribution in [0.25, 0.3) is 0 Å². The second-order valence-electron chi connectivity index (χ2n) is 5.72. The van der Waals surface area contributed by atoms with E-state index in [4.69, 9.17) is 0 Å². The quantitative estimate of drug-likeness (QED) is 0.689. The molecule has 2 bridgehead atoms. The molecule has 2 aliphatic carbocycles. The van der Waals surface area contributed by atoms with Crippen molar-refractivity contribution in [3.8, 4) is 0 Å². The minimum atomic E-state index is 0.889. The summed E-state index contributed by atoms with van der Waals surface area (Å²) in [6.07, 6.45) is 7.32. The molecule has 2 saturated carbocycles. The van der Waals surface area contributed by atoms with Gasteiger partial charge in [0, 0.05) is 0 Å². The second kappa shape index (κ2) is 4.24. The lowest BCUT2D eigenvalue weighted by Crippen LogP contribution is -2.20. The minimum absolute atomic E-state index is 0.889. The third-order valence-corrected chi connectivity index (χ3v) is 4.89. The number of benzene rings is 1. The van der Waals surface area contributed by atoms with Crippen LogP contribution in [0.1, 0.15) is 50.5 Å². The first-order valence-electron chi connectivity index (χ1n) is 6.95. The van der Waals surface area contributed by atoms with E-state index >= 15 is 0 Å². The molecule has 0 N–H and O–H groups in total. The van der Waals surface area contributed by atoms with E-state index < -0.39 is 0 Å². The minimum Gasteiger partial charge on any atom is -0.0654 e. The Morgan fingerprint density at radius 1 is 1.06 bits per heavy atom. The highest BCUT2D eigenvalue weighted by molar-refractivity contribution is 5.24. The molecule has 16 heavy (non-hydrogen) atoms. The summed E-state index contributed by atoms with van der Waals surface area (Å²) in [6.45, 7) is 2.34. The van der Waals surface area contributed by atoms with E-state index in [2.05, 4.69) is 37.3 Å². The molecule has 3 rings (SSSR count). The topological polar surface area (TPSA) is 0 Å². The summed E-state index contributed by atoms with van der Waals surface area (Å²) < 4.78 is 0. The maximum Gasteiger partial charge on any atom is -0.0103 e. The fraction of sp³-hybridized carbons (Fsp3) is 0.625. The van der Waals surface area contributed by atoms with Crippen molar-refractivity contribution in [1.29, 1.82) is 0 Å². The fourth-order valence-electron chi connectivity index (χ4n) is 4.35. The van der Waals surface area contributed by atoms with Crippen LogP contribution >= 0.6 is 0 Å². The summed E-state index contributed by atoms with van der Waals surface area (Å²) in [5, 5.41) is 0. The van der Waals surface area contributed by atoms with Crippen molar-refractivity contribution in [2.75, 3.05) is 0 Å². The molecule has 4 atom stereocenters. The molecule has 86 valence electrons. The van der Waals surface area contributed by atoms with Crippen LogP contribution in [0.4, 0.5) is 0 Å². The van der Waals surface area contributed by atoms with Crippen molar-refractivity contribution in [3.63, 3.8) is 0 Å². The highest BCUT2D eigenvalue weighted by atomic mass is 14.5. The Morgan fingerprint density at radius 2 is 1.81 bits per heavy atom. The van der Waals surface area contributed by atoms with Crippen molar-refractivity contribution in [2.24, 2.45) is 17.8 Å². The Hall–Kier alpha value is -0.780. The summed E-state index contributed by atoms with van der Waals surface area (Å²) in [5.74, 6) is 3.94. The predicted octanol–water partition coefficient (Wildman–Crippen LogP) is 4.62. The molecule has 0 amide bonds. The van der Waals surface area contributed by atoms with Crippen LogP contribution in [0.3, 0.4) is 0 Å². The summed E-state index contributed by atoms with van der Waals surface area (Å²) in [5.41, 5.74) is 1.62. The van der Waals surface area contributed by atoms with Gasteiger partial charge in [-0.2, -0.15) is 0 Å². The average molecular weight is 214 g/mol. The normalized spacial score (nSPS) is 36.8. The molecule has 4 unspecified atom stereocenters. The van der Waals surface area contributed by atoms with Crippen LogP contribution in [0, 0.1) is 17.8 Å². The van der Waals surface area contributed by atoms with E-state index in [9.17, 15) is 0 Å². The van der Waals surface area contributed by atoms with Gasteiger partial charge < -0.3 is 0 Å². The summed E-state index contributed by atoms with van der Waals surface area (Å²) in [7, 11) is 0. The molecule has 0 aromatic heterocycles.